The zero-order valence-electron chi connectivity index (χ0n) is 12.7. The van der Waals surface area contributed by atoms with Crippen LogP contribution in [-0.2, 0) is 6.54 Å². The molecule has 5 heteroatoms. The van der Waals surface area contributed by atoms with Crippen LogP contribution in [0.2, 0.25) is 0 Å². The van der Waals surface area contributed by atoms with Crippen molar-refractivity contribution in [1.29, 1.82) is 0 Å². The molecule has 1 fully saturated rings. The molecule has 1 aliphatic rings. The lowest BCUT2D eigenvalue weighted by molar-refractivity contribution is 0.256. The predicted octanol–water partition coefficient (Wildman–Crippen LogP) is 2.33. The van der Waals surface area contributed by atoms with E-state index in [9.17, 15) is 4.39 Å². The Hall–Kier alpha value is -1.85. The Labute approximate surface area is 130 Å². The summed E-state index contributed by atoms with van der Waals surface area (Å²) in [5.41, 5.74) is 1.11. The molecule has 0 spiro atoms. The number of rotatable bonds is 6. The van der Waals surface area contributed by atoms with Gasteiger partial charge in [-0.2, -0.15) is 0 Å². The molecule has 118 valence electrons. The molecule has 1 aromatic heterocycles. The molecular weight excluding hydrogens is 281 g/mol. The van der Waals surface area contributed by atoms with Gasteiger partial charge >= 0.3 is 0 Å². The summed E-state index contributed by atoms with van der Waals surface area (Å²) in [7, 11) is 0. The predicted molar refractivity (Wildman–Crippen MR) is 85.5 cm³/mol. The average molecular weight is 303 g/mol. The average Bonchev–Trinajstić information content (AvgIpc) is 3.06. The Morgan fingerprint density at radius 2 is 1.82 bits per heavy atom. The van der Waals surface area contributed by atoms with E-state index in [1.54, 1.807) is 6.26 Å². The number of nitrogens with one attached hydrogen (secondary N) is 1. The van der Waals surface area contributed by atoms with Crippen molar-refractivity contribution in [2.75, 3.05) is 44.2 Å². The van der Waals surface area contributed by atoms with Gasteiger partial charge in [-0.3, -0.25) is 4.90 Å². The minimum Gasteiger partial charge on any atom is -0.468 e. The molecule has 0 saturated carbocycles. The smallest absolute Gasteiger partial charge is 0.123 e. The van der Waals surface area contributed by atoms with Crippen molar-refractivity contribution in [3.63, 3.8) is 0 Å². The van der Waals surface area contributed by atoms with Crippen LogP contribution in [0.1, 0.15) is 5.76 Å². The first-order chi connectivity index (χ1) is 10.8. The van der Waals surface area contributed by atoms with Crippen molar-refractivity contribution in [2.24, 2.45) is 0 Å². The Morgan fingerprint density at radius 1 is 1.05 bits per heavy atom. The zero-order valence-corrected chi connectivity index (χ0v) is 12.7. The van der Waals surface area contributed by atoms with Crippen molar-refractivity contribution < 1.29 is 8.81 Å². The molecule has 1 aliphatic heterocycles. The molecule has 3 rings (SSSR count). The van der Waals surface area contributed by atoms with Gasteiger partial charge in [0.15, 0.2) is 0 Å². The normalized spacial score (nSPS) is 16.1. The maximum atomic E-state index is 13.0. The van der Waals surface area contributed by atoms with E-state index in [-0.39, 0.29) is 5.82 Å². The lowest BCUT2D eigenvalue weighted by atomic mass is 10.2. The summed E-state index contributed by atoms with van der Waals surface area (Å²) in [6.45, 7) is 6.84. The number of furan rings is 1. The number of hydrogen-bond donors (Lipinski definition) is 1. The lowest BCUT2D eigenvalue weighted by Gasteiger charge is -2.36. The molecular formula is C17H22FN3O. The van der Waals surface area contributed by atoms with Crippen LogP contribution in [0.3, 0.4) is 0 Å². The Bertz CT molecular complexity index is 548. The van der Waals surface area contributed by atoms with E-state index in [4.69, 9.17) is 4.42 Å². The summed E-state index contributed by atoms with van der Waals surface area (Å²) in [6.07, 6.45) is 1.70. The highest BCUT2D eigenvalue weighted by molar-refractivity contribution is 5.46. The van der Waals surface area contributed by atoms with E-state index < -0.39 is 0 Å². The van der Waals surface area contributed by atoms with Crippen molar-refractivity contribution in [1.82, 2.24) is 10.2 Å². The maximum absolute atomic E-state index is 13.0. The van der Waals surface area contributed by atoms with E-state index >= 15 is 0 Å². The van der Waals surface area contributed by atoms with Gasteiger partial charge in [-0.15, -0.1) is 0 Å². The van der Waals surface area contributed by atoms with Crippen LogP contribution in [-0.4, -0.2) is 44.2 Å². The molecule has 0 atom stereocenters. The first-order valence-corrected chi connectivity index (χ1v) is 7.77. The number of benzene rings is 1. The van der Waals surface area contributed by atoms with Crippen molar-refractivity contribution in [3.05, 3.63) is 54.2 Å². The van der Waals surface area contributed by atoms with Crippen LogP contribution in [0.25, 0.3) is 0 Å². The first kappa shape index (κ1) is 15.1. The molecule has 2 aromatic rings. The largest absolute Gasteiger partial charge is 0.468 e. The van der Waals surface area contributed by atoms with Crippen LogP contribution in [0.15, 0.2) is 47.1 Å². The van der Waals surface area contributed by atoms with Crippen LogP contribution in [0, 0.1) is 5.82 Å². The van der Waals surface area contributed by atoms with Crippen molar-refractivity contribution in [2.45, 2.75) is 6.54 Å². The third-order valence-electron chi connectivity index (χ3n) is 4.05. The van der Waals surface area contributed by atoms with Gasteiger partial charge < -0.3 is 14.6 Å². The third-order valence-corrected chi connectivity index (χ3v) is 4.05. The summed E-state index contributed by atoms with van der Waals surface area (Å²) in [6, 6.07) is 10.7. The molecule has 22 heavy (non-hydrogen) atoms. The first-order valence-electron chi connectivity index (χ1n) is 7.77. The fourth-order valence-electron chi connectivity index (χ4n) is 2.74. The number of hydrogen-bond acceptors (Lipinski definition) is 4. The van der Waals surface area contributed by atoms with Gasteiger partial charge in [0.25, 0.3) is 0 Å². The molecule has 1 saturated heterocycles. The second kappa shape index (κ2) is 7.42. The third kappa shape index (κ3) is 4.08. The molecule has 0 unspecified atom stereocenters. The lowest BCUT2D eigenvalue weighted by Crippen LogP contribution is -2.48. The minimum atomic E-state index is -0.176. The fourth-order valence-corrected chi connectivity index (χ4v) is 2.74. The van der Waals surface area contributed by atoms with E-state index in [1.165, 1.54) is 12.1 Å². The Morgan fingerprint density at radius 3 is 2.50 bits per heavy atom. The number of anilines is 1. The van der Waals surface area contributed by atoms with E-state index in [0.29, 0.717) is 0 Å². The van der Waals surface area contributed by atoms with Gasteiger partial charge in [0.2, 0.25) is 0 Å². The monoisotopic (exact) mass is 303 g/mol. The van der Waals surface area contributed by atoms with Crippen molar-refractivity contribution in [3.8, 4) is 0 Å². The number of piperazine rings is 1. The number of nitrogens with zero attached hydrogens (tertiary/aromatic N) is 2. The zero-order chi connectivity index (χ0) is 15.2. The van der Waals surface area contributed by atoms with Gasteiger partial charge in [-0.1, -0.05) is 0 Å². The molecule has 0 amide bonds. The van der Waals surface area contributed by atoms with Crippen LogP contribution in [0.4, 0.5) is 10.1 Å². The summed E-state index contributed by atoms with van der Waals surface area (Å²) in [4.78, 5) is 4.77. The molecule has 2 heterocycles. The molecule has 1 aromatic carbocycles. The van der Waals surface area contributed by atoms with Gasteiger partial charge in [0, 0.05) is 45.0 Å². The van der Waals surface area contributed by atoms with Crippen LogP contribution < -0.4 is 10.2 Å². The topological polar surface area (TPSA) is 31.6 Å². The maximum Gasteiger partial charge on any atom is 0.123 e. The highest BCUT2D eigenvalue weighted by Crippen LogP contribution is 2.16. The van der Waals surface area contributed by atoms with Gasteiger partial charge in [-0.05, 0) is 36.4 Å². The second-order valence-electron chi connectivity index (χ2n) is 5.56. The Balaban J connectivity index is 1.35. The molecule has 4 nitrogen and oxygen atoms in total. The molecule has 0 bridgehead atoms. The quantitative estimate of drug-likeness (QED) is 0.830. The summed E-state index contributed by atoms with van der Waals surface area (Å²) >= 11 is 0. The fraction of sp³-hybridized carbons (Fsp3) is 0.412. The highest BCUT2D eigenvalue weighted by atomic mass is 19.1. The molecule has 0 aliphatic carbocycles. The van der Waals surface area contributed by atoms with Crippen LogP contribution in [0.5, 0.6) is 0 Å². The SMILES string of the molecule is Fc1ccc(N2CCN(CCNCc3ccco3)CC2)cc1. The standard InChI is InChI=1S/C17H22FN3O/c18-15-3-5-16(6-4-15)21-11-9-20(10-12-21)8-7-19-14-17-2-1-13-22-17/h1-6,13,19H,7-12,14H2. The minimum absolute atomic E-state index is 0.176. The van der Waals surface area contributed by atoms with E-state index in [2.05, 4.69) is 15.1 Å². The summed E-state index contributed by atoms with van der Waals surface area (Å²) < 4.78 is 18.2. The van der Waals surface area contributed by atoms with E-state index in [0.717, 1.165) is 57.3 Å². The van der Waals surface area contributed by atoms with Crippen molar-refractivity contribution >= 4 is 5.69 Å². The number of halogens is 1. The summed E-state index contributed by atoms with van der Waals surface area (Å²) in [5, 5.41) is 3.39. The van der Waals surface area contributed by atoms with Gasteiger partial charge in [-0.25, -0.2) is 4.39 Å². The molecule has 0 radical (unpaired) electrons. The Kier molecular flexibility index (Phi) is 5.08. The van der Waals surface area contributed by atoms with Crippen LogP contribution >= 0.6 is 0 Å². The van der Waals surface area contributed by atoms with Gasteiger partial charge in [0.05, 0.1) is 12.8 Å². The second-order valence-corrected chi connectivity index (χ2v) is 5.56. The molecule has 1 N–H and O–H groups in total. The highest BCUT2D eigenvalue weighted by Gasteiger charge is 2.16. The van der Waals surface area contributed by atoms with Gasteiger partial charge in [0.1, 0.15) is 11.6 Å². The van der Waals surface area contributed by atoms with E-state index in [1.807, 2.05) is 24.3 Å². The summed E-state index contributed by atoms with van der Waals surface area (Å²) in [5.74, 6) is 0.797.